The Morgan fingerprint density at radius 1 is 0.348 bits per heavy atom. The van der Waals surface area contributed by atoms with Gasteiger partial charge in [0.25, 0.3) is 0 Å². The molecule has 2 unspecified atom stereocenters. The first-order valence-electron chi connectivity index (χ1n) is 30.2. The van der Waals surface area contributed by atoms with E-state index in [0.717, 1.165) is 32.1 Å². The quantitative estimate of drug-likeness (QED) is 0.0420. The summed E-state index contributed by atoms with van der Waals surface area (Å²) in [6.07, 6.45) is 79.0. The molecule has 0 fully saturated rings. The van der Waals surface area contributed by atoms with Crippen LogP contribution in [0.15, 0.2) is 36.5 Å². The predicted molar refractivity (Wildman–Crippen MR) is 295 cm³/mol. The minimum absolute atomic E-state index is 0.0682. The lowest BCUT2D eigenvalue weighted by atomic mass is 10.0. The SMILES string of the molecule is CCCCCCCCCC/C=C\CCCCCCCCCCCCCCCCCC(=O)NC(CO)C(O)/C=C/CC/C=C/CCCCCCCCCCCCCCCCCCCCCCC. The van der Waals surface area contributed by atoms with E-state index < -0.39 is 12.1 Å². The fraction of sp³-hybridized carbons (Fsp3) is 0.887. The lowest BCUT2D eigenvalue weighted by Gasteiger charge is -2.19. The molecule has 66 heavy (non-hydrogen) atoms. The molecule has 4 heteroatoms. The van der Waals surface area contributed by atoms with Crippen molar-refractivity contribution in [2.75, 3.05) is 6.61 Å². The van der Waals surface area contributed by atoms with Gasteiger partial charge in [0.1, 0.15) is 0 Å². The average Bonchev–Trinajstić information content (AvgIpc) is 3.32. The molecule has 390 valence electrons. The summed E-state index contributed by atoms with van der Waals surface area (Å²) < 4.78 is 0. The lowest BCUT2D eigenvalue weighted by molar-refractivity contribution is -0.123. The van der Waals surface area contributed by atoms with Crippen molar-refractivity contribution >= 4 is 5.91 Å². The molecule has 0 saturated heterocycles. The zero-order valence-corrected chi connectivity index (χ0v) is 45.0. The minimum atomic E-state index is -0.862. The van der Waals surface area contributed by atoms with Gasteiger partial charge in [-0.3, -0.25) is 4.79 Å². The third kappa shape index (κ3) is 53.6. The summed E-state index contributed by atoms with van der Waals surface area (Å²) in [5.41, 5.74) is 0. The topological polar surface area (TPSA) is 69.6 Å². The van der Waals surface area contributed by atoms with Gasteiger partial charge < -0.3 is 15.5 Å². The van der Waals surface area contributed by atoms with Crippen LogP contribution in [0.5, 0.6) is 0 Å². The fourth-order valence-electron chi connectivity index (χ4n) is 9.49. The van der Waals surface area contributed by atoms with E-state index in [1.165, 1.54) is 283 Å². The lowest BCUT2D eigenvalue weighted by Crippen LogP contribution is -2.45. The summed E-state index contributed by atoms with van der Waals surface area (Å²) in [6, 6.07) is -0.639. The van der Waals surface area contributed by atoms with E-state index in [1.54, 1.807) is 6.08 Å². The molecule has 1 amide bonds. The van der Waals surface area contributed by atoms with Gasteiger partial charge >= 0.3 is 0 Å². The summed E-state index contributed by atoms with van der Waals surface area (Å²) in [4.78, 5) is 12.5. The first kappa shape index (κ1) is 64.6. The third-order valence-electron chi connectivity index (χ3n) is 14.1. The van der Waals surface area contributed by atoms with Crippen molar-refractivity contribution in [3.05, 3.63) is 36.5 Å². The molecule has 2 atom stereocenters. The molecule has 0 aliphatic heterocycles. The number of hydrogen-bond donors (Lipinski definition) is 3. The number of carbonyl (C=O) groups is 1. The van der Waals surface area contributed by atoms with E-state index in [4.69, 9.17) is 0 Å². The number of amides is 1. The molecule has 0 spiro atoms. The highest BCUT2D eigenvalue weighted by Crippen LogP contribution is 2.18. The van der Waals surface area contributed by atoms with Crippen LogP contribution in [0.1, 0.15) is 335 Å². The molecule has 0 saturated carbocycles. The van der Waals surface area contributed by atoms with Gasteiger partial charge in [-0.1, -0.05) is 307 Å². The first-order valence-corrected chi connectivity index (χ1v) is 30.2. The molecule has 3 N–H and O–H groups in total. The molecule has 0 bridgehead atoms. The van der Waals surface area contributed by atoms with E-state index in [-0.39, 0.29) is 12.5 Å². The predicted octanol–water partition coefficient (Wildman–Crippen LogP) is 20.0. The normalized spacial score (nSPS) is 13.0. The van der Waals surface area contributed by atoms with Crippen molar-refractivity contribution < 1.29 is 15.0 Å². The number of carbonyl (C=O) groups excluding carboxylic acids is 1. The number of aliphatic hydroxyl groups is 2. The second kappa shape index (κ2) is 57.9. The van der Waals surface area contributed by atoms with Crippen LogP contribution >= 0.6 is 0 Å². The van der Waals surface area contributed by atoms with Crippen molar-refractivity contribution in [3.8, 4) is 0 Å². The Labute approximate surface area is 414 Å². The third-order valence-corrected chi connectivity index (χ3v) is 14.1. The molecule has 0 rings (SSSR count). The van der Waals surface area contributed by atoms with Crippen LogP contribution in [0.3, 0.4) is 0 Å². The summed E-state index contributed by atoms with van der Waals surface area (Å²) >= 11 is 0. The zero-order valence-electron chi connectivity index (χ0n) is 45.0. The van der Waals surface area contributed by atoms with Gasteiger partial charge in [0.2, 0.25) is 5.91 Å². The van der Waals surface area contributed by atoms with Gasteiger partial charge in [-0.25, -0.2) is 0 Å². The maximum atomic E-state index is 12.5. The molecule has 0 aliphatic rings. The van der Waals surface area contributed by atoms with Crippen LogP contribution in [0.2, 0.25) is 0 Å². The van der Waals surface area contributed by atoms with Crippen molar-refractivity contribution in [2.45, 2.75) is 347 Å². The Morgan fingerprint density at radius 3 is 0.879 bits per heavy atom. The largest absolute Gasteiger partial charge is 0.394 e. The molecule has 0 aromatic rings. The summed E-state index contributed by atoms with van der Waals surface area (Å²) in [6.45, 7) is 4.34. The van der Waals surface area contributed by atoms with Gasteiger partial charge in [0.05, 0.1) is 18.8 Å². The second-order valence-electron chi connectivity index (χ2n) is 20.8. The van der Waals surface area contributed by atoms with Gasteiger partial charge in [0, 0.05) is 6.42 Å². The standard InChI is InChI=1S/C62H119NO3/c1-3-5-7-9-11-13-15-17-19-21-23-25-27-29-31-33-35-37-39-41-43-45-47-49-51-53-55-57-61(65)60(59-64)63-62(66)58-56-54-52-50-48-46-44-42-40-38-36-34-32-30-28-26-24-22-20-18-16-14-12-10-8-6-4-2/h22,24,47,49,55,57,60-61,64-65H,3-21,23,25-46,48,50-54,56,58-59H2,1-2H3,(H,63,66)/b24-22-,49-47+,57-55+. The summed E-state index contributed by atoms with van der Waals surface area (Å²) in [5, 5.41) is 23.2. The van der Waals surface area contributed by atoms with Crippen LogP contribution in [-0.2, 0) is 4.79 Å². The molecule has 4 nitrogen and oxygen atoms in total. The van der Waals surface area contributed by atoms with Crippen molar-refractivity contribution in [2.24, 2.45) is 0 Å². The molecule has 0 aliphatic carbocycles. The smallest absolute Gasteiger partial charge is 0.220 e. The van der Waals surface area contributed by atoms with Crippen LogP contribution in [0, 0.1) is 0 Å². The fourth-order valence-corrected chi connectivity index (χ4v) is 9.49. The molecule has 0 aromatic heterocycles. The van der Waals surface area contributed by atoms with E-state index in [1.807, 2.05) is 6.08 Å². The van der Waals surface area contributed by atoms with Crippen molar-refractivity contribution in [1.29, 1.82) is 0 Å². The van der Waals surface area contributed by atoms with Crippen LogP contribution in [0.4, 0.5) is 0 Å². The highest BCUT2D eigenvalue weighted by molar-refractivity contribution is 5.76. The Balaban J connectivity index is 3.49. The Hall–Kier alpha value is -1.39. The van der Waals surface area contributed by atoms with Gasteiger partial charge in [-0.2, -0.15) is 0 Å². The molecular weight excluding hydrogens is 807 g/mol. The van der Waals surface area contributed by atoms with Gasteiger partial charge in [0.15, 0.2) is 0 Å². The van der Waals surface area contributed by atoms with E-state index >= 15 is 0 Å². The van der Waals surface area contributed by atoms with Gasteiger partial charge in [-0.15, -0.1) is 0 Å². The number of rotatable bonds is 56. The molecular formula is C62H119NO3. The molecule has 0 aromatic carbocycles. The van der Waals surface area contributed by atoms with Crippen LogP contribution in [0.25, 0.3) is 0 Å². The Kier molecular flexibility index (Phi) is 56.7. The van der Waals surface area contributed by atoms with Crippen LogP contribution < -0.4 is 5.32 Å². The molecule has 0 heterocycles. The van der Waals surface area contributed by atoms with Gasteiger partial charge in [-0.05, 0) is 57.8 Å². The van der Waals surface area contributed by atoms with Crippen molar-refractivity contribution in [3.63, 3.8) is 0 Å². The highest BCUT2D eigenvalue weighted by Gasteiger charge is 2.18. The number of nitrogens with one attached hydrogen (secondary N) is 1. The summed E-state index contributed by atoms with van der Waals surface area (Å²) in [5.74, 6) is -0.0682. The van der Waals surface area contributed by atoms with Crippen LogP contribution in [-0.4, -0.2) is 34.9 Å². The number of hydrogen-bond acceptors (Lipinski definition) is 3. The maximum absolute atomic E-state index is 12.5. The minimum Gasteiger partial charge on any atom is -0.394 e. The van der Waals surface area contributed by atoms with E-state index in [9.17, 15) is 15.0 Å². The van der Waals surface area contributed by atoms with E-state index in [2.05, 4.69) is 43.5 Å². The van der Waals surface area contributed by atoms with Crippen molar-refractivity contribution in [1.82, 2.24) is 5.32 Å². The highest BCUT2D eigenvalue weighted by atomic mass is 16.3. The zero-order chi connectivity index (χ0) is 47.7. The summed E-state index contributed by atoms with van der Waals surface area (Å²) in [7, 11) is 0. The second-order valence-corrected chi connectivity index (χ2v) is 20.8. The number of aliphatic hydroxyl groups excluding tert-OH is 2. The molecule has 0 radical (unpaired) electrons. The monoisotopic (exact) mass is 926 g/mol. The van der Waals surface area contributed by atoms with E-state index in [0.29, 0.717) is 6.42 Å². The Bertz CT molecular complexity index is 1010. The maximum Gasteiger partial charge on any atom is 0.220 e. The Morgan fingerprint density at radius 2 is 0.591 bits per heavy atom. The first-order chi connectivity index (χ1) is 32.7. The average molecular weight is 927 g/mol. The number of allylic oxidation sites excluding steroid dienone is 5. The number of unbranched alkanes of at least 4 members (excludes halogenated alkanes) is 45.